The van der Waals surface area contributed by atoms with Gasteiger partial charge in [0.25, 0.3) is 0 Å². The molecule has 0 radical (unpaired) electrons. The number of aryl methyl sites for hydroxylation is 1. The van der Waals surface area contributed by atoms with Crippen LogP contribution in [-0.2, 0) is 10.5 Å². The van der Waals surface area contributed by atoms with Gasteiger partial charge in [0.1, 0.15) is 17.2 Å². The normalized spacial score (nSPS) is 10.4. The van der Waals surface area contributed by atoms with Crippen molar-refractivity contribution in [2.45, 2.75) is 17.6 Å². The lowest BCUT2D eigenvalue weighted by Crippen LogP contribution is -2.13. The molecular weight excluding hydrogens is 354 g/mol. The third-order valence-electron chi connectivity index (χ3n) is 2.75. The first-order valence-electron chi connectivity index (χ1n) is 6.11. The fraction of sp³-hybridized carbons (Fsp3) is 0.214. The number of anilines is 1. The summed E-state index contributed by atoms with van der Waals surface area (Å²) in [7, 11) is 1.30. The molecule has 0 aliphatic carbocycles. The summed E-state index contributed by atoms with van der Waals surface area (Å²) in [6, 6.07) is 7.91. The van der Waals surface area contributed by atoms with Gasteiger partial charge in [-0.1, -0.05) is 12.1 Å². The van der Waals surface area contributed by atoms with E-state index in [9.17, 15) is 4.79 Å². The highest BCUT2D eigenvalue weighted by Gasteiger charge is 2.17. The topological polar surface area (TPSA) is 78.1 Å². The van der Waals surface area contributed by atoms with Crippen LogP contribution < -0.4 is 5.73 Å². The Bertz CT molecular complexity index is 656. The number of methoxy groups -OCH3 is 1. The molecule has 0 bridgehead atoms. The molecule has 0 aliphatic rings. The third kappa shape index (κ3) is 3.74. The number of thioether (sulfide) groups is 1. The van der Waals surface area contributed by atoms with Crippen LogP contribution in [0, 0.1) is 6.92 Å². The maximum Gasteiger partial charge on any atom is 0.343 e. The summed E-state index contributed by atoms with van der Waals surface area (Å²) < 4.78 is 5.69. The number of hydrogen-bond acceptors (Lipinski definition) is 6. The largest absolute Gasteiger partial charge is 0.465 e. The SMILES string of the molecule is COC(=O)c1c(C)nc(CSc2ccccc2Br)nc1N. The zero-order valence-corrected chi connectivity index (χ0v) is 14.0. The summed E-state index contributed by atoms with van der Waals surface area (Å²) in [5, 5.41) is 0. The average Bonchev–Trinajstić information content (AvgIpc) is 2.45. The molecule has 2 aromatic rings. The third-order valence-corrected chi connectivity index (χ3v) is 4.77. The zero-order chi connectivity index (χ0) is 15.4. The summed E-state index contributed by atoms with van der Waals surface area (Å²) in [5.41, 5.74) is 6.58. The number of hydrogen-bond donors (Lipinski definition) is 1. The van der Waals surface area contributed by atoms with Gasteiger partial charge in [0.2, 0.25) is 0 Å². The lowest BCUT2D eigenvalue weighted by atomic mass is 10.2. The first kappa shape index (κ1) is 15.8. The lowest BCUT2D eigenvalue weighted by molar-refractivity contribution is 0.0600. The first-order valence-corrected chi connectivity index (χ1v) is 7.89. The van der Waals surface area contributed by atoms with Gasteiger partial charge in [-0.05, 0) is 35.0 Å². The van der Waals surface area contributed by atoms with Gasteiger partial charge in [0.05, 0.1) is 18.6 Å². The van der Waals surface area contributed by atoms with Crippen LogP contribution in [0.1, 0.15) is 21.9 Å². The van der Waals surface area contributed by atoms with Crippen LogP contribution in [0.5, 0.6) is 0 Å². The Kier molecular flexibility index (Phi) is 5.19. The van der Waals surface area contributed by atoms with Crippen molar-refractivity contribution in [3.05, 3.63) is 45.8 Å². The van der Waals surface area contributed by atoms with Crippen molar-refractivity contribution in [2.75, 3.05) is 12.8 Å². The first-order chi connectivity index (χ1) is 10.0. The molecule has 0 saturated heterocycles. The van der Waals surface area contributed by atoms with E-state index in [-0.39, 0.29) is 11.4 Å². The van der Waals surface area contributed by atoms with Crippen LogP contribution in [0.15, 0.2) is 33.6 Å². The molecule has 0 aliphatic heterocycles. The van der Waals surface area contributed by atoms with E-state index in [0.717, 1.165) is 9.37 Å². The number of rotatable bonds is 4. The van der Waals surface area contributed by atoms with Gasteiger partial charge in [0, 0.05) is 9.37 Å². The molecule has 0 fully saturated rings. The number of carbonyl (C=O) groups excluding carboxylic acids is 1. The van der Waals surface area contributed by atoms with E-state index in [1.54, 1.807) is 18.7 Å². The summed E-state index contributed by atoms with van der Waals surface area (Å²) in [4.78, 5) is 21.2. The Morgan fingerprint density at radius 2 is 2.10 bits per heavy atom. The van der Waals surface area contributed by atoms with E-state index in [1.807, 2.05) is 24.3 Å². The fourth-order valence-corrected chi connectivity index (χ4v) is 3.20. The Balaban J connectivity index is 2.19. The Morgan fingerprint density at radius 1 is 1.38 bits per heavy atom. The monoisotopic (exact) mass is 367 g/mol. The van der Waals surface area contributed by atoms with Crippen LogP contribution in [0.3, 0.4) is 0 Å². The average molecular weight is 368 g/mol. The molecule has 0 spiro atoms. The molecule has 0 unspecified atom stereocenters. The number of esters is 1. The highest BCUT2D eigenvalue weighted by Crippen LogP contribution is 2.29. The second-order valence-corrected chi connectivity index (χ2v) is 6.07. The molecule has 0 saturated carbocycles. The predicted molar refractivity (Wildman–Crippen MR) is 86.2 cm³/mol. The van der Waals surface area contributed by atoms with Crippen molar-refractivity contribution in [1.29, 1.82) is 0 Å². The lowest BCUT2D eigenvalue weighted by Gasteiger charge is -2.09. The molecule has 0 atom stereocenters. The molecule has 110 valence electrons. The molecule has 7 heteroatoms. The zero-order valence-electron chi connectivity index (χ0n) is 11.6. The molecule has 2 N–H and O–H groups in total. The van der Waals surface area contributed by atoms with E-state index in [4.69, 9.17) is 5.73 Å². The maximum absolute atomic E-state index is 11.6. The van der Waals surface area contributed by atoms with E-state index >= 15 is 0 Å². The number of aromatic nitrogens is 2. The Labute approximate surface area is 135 Å². The van der Waals surface area contributed by atoms with Gasteiger partial charge in [-0.15, -0.1) is 11.8 Å². The highest BCUT2D eigenvalue weighted by molar-refractivity contribution is 9.10. The standard InChI is InChI=1S/C14H14BrN3O2S/c1-8-12(14(19)20-2)13(16)18-11(17-8)7-21-10-6-4-3-5-9(10)15/h3-6H,7H2,1-2H3,(H2,16,17,18). The van der Waals surface area contributed by atoms with Crippen LogP contribution >= 0.6 is 27.7 Å². The quantitative estimate of drug-likeness (QED) is 0.660. The number of benzene rings is 1. The van der Waals surface area contributed by atoms with Crippen molar-refractivity contribution in [1.82, 2.24) is 9.97 Å². The van der Waals surface area contributed by atoms with E-state index < -0.39 is 5.97 Å². The minimum atomic E-state index is -0.519. The van der Waals surface area contributed by atoms with Gasteiger partial charge in [0.15, 0.2) is 0 Å². The van der Waals surface area contributed by atoms with Crippen molar-refractivity contribution in [3.63, 3.8) is 0 Å². The Hall–Kier alpha value is -1.60. The molecule has 21 heavy (non-hydrogen) atoms. The molecule has 1 heterocycles. The van der Waals surface area contributed by atoms with Crippen molar-refractivity contribution >= 4 is 39.5 Å². The number of ether oxygens (including phenoxy) is 1. The molecular formula is C14H14BrN3O2S. The molecule has 0 amide bonds. The van der Waals surface area contributed by atoms with Crippen LogP contribution in [0.25, 0.3) is 0 Å². The maximum atomic E-state index is 11.6. The number of nitrogens with zero attached hydrogens (tertiary/aromatic N) is 2. The van der Waals surface area contributed by atoms with Crippen molar-refractivity contribution in [2.24, 2.45) is 0 Å². The minimum absolute atomic E-state index is 0.150. The second-order valence-electron chi connectivity index (χ2n) is 4.20. The summed E-state index contributed by atoms with van der Waals surface area (Å²) in [6.07, 6.45) is 0. The van der Waals surface area contributed by atoms with Gasteiger partial charge >= 0.3 is 5.97 Å². The smallest absolute Gasteiger partial charge is 0.343 e. The van der Waals surface area contributed by atoms with Gasteiger partial charge in [-0.25, -0.2) is 14.8 Å². The van der Waals surface area contributed by atoms with Crippen LogP contribution in [-0.4, -0.2) is 23.0 Å². The molecule has 2 rings (SSSR count). The molecule has 1 aromatic heterocycles. The number of nitrogens with two attached hydrogens (primary N) is 1. The highest BCUT2D eigenvalue weighted by atomic mass is 79.9. The second kappa shape index (κ2) is 6.91. The van der Waals surface area contributed by atoms with Crippen LogP contribution in [0.2, 0.25) is 0 Å². The van der Waals surface area contributed by atoms with Gasteiger partial charge in [-0.3, -0.25) is 0 Å². The predicted octanol–water partition coefficient (Wildman–Crippen LogP) is 3.21. The van der Waals surface area contributed by atoms with Crippen molar-refractivity contribution < 1.29 is 9.53 Å². The summed E-state index contributed by atoms with van der Waals surface area (Å²) in [6.45, 7) is 1.72. The van der Waals surface area contributed by atoms with Gasteiger partial charge < -0.3 is 10.5 Å². The minimum Gasteiger partial charge on any atom is -0.465 e. The summed E-state index contributed by atoms with van der Waals surface area (Å²) in [5.74, 6) is 0.778. The number of halogens is 1. The number of carbonyl (C=O) groups is 1. The summed E-state index contributed by atoms with van der Waals surface area (Å²) >= 11 is 5.09. The number of nitrogen functional groups attached to an aromatic ring is 1. The fourth-order valence-electron chi connectivity index (χ4n) is 1.78. The molecule has 5 nitrogen and oxygen atoms in total. The van der Waals surface area contributed by atoms with E-state index in [2.05, 4.69) is 30.6 Å². The van der Waals surface area contributed by atoms with Gasteiger partial charge in [-0.2, -0.15) is 0 Å². The Morgan fingerprint density at radius 3 is 2.71 bits per heavy atom. The van der Waals surface area contributed by atoms with E-state index in [1.165, 1.54) is 7.11 Å². The van der Waals surface area contributed by atoms with Crippen molar-refractivity contribution in [3.8, 4) is 0 Å². The van der Waals surface area contributed by atoms with Crippen LogP contribution in [0.4, 0.5) is 5.82 Å². The molecule has 1 aromatic carbocycles. The van der Waals surface area contributed by atoms with E-state index in [0.29, 0.717) is 17.3 Å².